The standard InChI is InChI=1S/C14H14.C5H13N.C3H8/c1-12(13-8-4-2-5-9-13)14-10-6-3-7-11-14;1-2-3-4-5-6;1-3-2/h2-12H,1H3;2-6H2,1H3;3H2,1-2H3. The molecule has 0 amide bonds. The number of hydrogen-bond acceptors (Lipinski definition) is 1. The highest BCUT2D eigenvalue weighted by molar-refractivity contribution is 5.31. The molecule has 0 radical (unpaired) electrons. The van der Waals surface area contributed by atoms with Crippen LogP contribution in [-0.4, -0.2) is 6.54 Å². The van der Waals surface area contributed by atoms with E-state index in [2.05, 4.69) is 88.4 Å². The molecule has 0 aromatic heterocycles. The summed E-state index contributed by atoms with van der Waals surface area (Å²) in [7, 11) is 0. The van der Waals surface area contributed by atoms with Gasteiger partial charge in [-0.15, -0.1) is 0 Å². The molecule has 1 heteroatoms. The van der Waals surface area contributed by atoms with Crippen LogP contribution in [0, 0.1) is 0 Å². The average Bonchev–Trinajstić information content (AvgIpc) is 2.62. The van der Waals surface area contributed by atoms with E-state index in [9.17, 15) is 0 Å². The lowest BCUT2D eigenvalue weighted by atomic mass is 9.93. The summed E-state index contributed by atoms with van der Waals surface area (Å²) in [4.78, 5) is 0. The number of benzene rings is 2. The first-order valence-corrected chi connectivity index (χ1v) is 9.01. The first-order valence-electron chi connectivity index (χ1n) is 9.01. The molecule has 128 valence electrons. The molecule has 0 saturated carbocycles. The number of nitrogens with two attached hydrogens (primary N) is 1. The summed E-state index contributed by atoms with van der Waals surface area (Å²) in [5, 5.41) is 0. The zero-order valence-electron chi connectivity index (χ0n) is 15.5. The van der Waals surface area contributed by atoms with Crippen molar-refractivity contribution in [2.45, 2.75) is 59.3 Å². The van der Waals surface area contributed by atoms with Gasteiger partial charge < -0.3 is 5.73 Å². The highest BCUT2D eigenvalue weighted by Crippen LogP contribution is 2.22. The summed E-state index contributed by atoms with van der Waals surface area (Å²) in [5.74, 6) is 0.484. The van der Waals surface area contributed by atoms with E-state index < -0.39 is 0 Å². The second-order valence-electron chi connectivity index (χ2n) is 5.75. The first-order chi connectivity index (χ1) is 11.2. The molecule has 0 atom stereocenters. The quantitative estimate of drug-likeness (QED) is 0.636. The summed E-state index contributed by atoms with van der Waals surface area (Å²) < 4.78 is 0. The van der Waals surface area contributed by atoms with Crippen LogP contribution in [0.4, 0.5) is 0 Å². The molecule has 0 spiro atoms. The van der Waals surface area contributed by atoms with Gasteiger partial charge in [0, 0.05) is 5.92 Å². The fraction of sp³-hybridized carbons (Fsp3) is 0.455. The lowest BCUT2D eigenvalue weighted by molar-refractivity contribution is 0.727. The minimum atomic E-state index is 0.484. The predicted octanol–water partition coefficient (Wildman–Crippen LogP) is 6.39. The predicted molar refractivity (Wildman–Crippen MR) is 105 cm³/mol. The van der Waals surface area contributed by atoms with Crippen molar-refractivity contribution in [1.82, 2.24) is 0 Å². The SMILES string of the molecule is CC(c1ccccc1)c1ccccc1.CCC.CCCCCN. The van der Waals surface area contributed by atoms with Crippen LogP contribution < -0.4 is 5.73 Å². The van der Waals surface area contributed by atoms with Crippen LogP contribution in [0.15, 0.2) is 60.7 Å². The molecule has 2 rings (SSSR count). The van der Waals surface area contributed by atoms with Crippen molar-refractivity contribution >= 4 is 0 Å². The van der Waals surface area contributed by atoms with Gasteiger partial charge in [0.15, 0.2) is 0 Å². The normalized spacial score (nSPS) is 9.48. The maximum Gasteiger partial charge on any atom is 0.00610 e. The zero-order valence-corrected chi connectivity index (χ0v) is 15.5. The molecule has 0 bridgehead atoms. The van der Waals surface area contributed by atoms with Crippen LogP contribution >= 0.6 is 0 Å². The molecular formula is C22H35N. The second kappa shape index (κ2) is 15.3. The second-order valence-corrected chi connectivity index (χ2v) is 5.75. The summed E-state index contributed by atoms with van der Waals surface area (Å²) in [6.45, 7) is 9.52. The summed E-state index contributed by atoms with van der Waals surface area (Å²) in [6.07, 6.45) is 5.00. The molecule has 0 fully saturated rings. The van der Waals surface area contributed by atoms with Gasteiger partial charge in [0.25, 0.3) is 0 Å². The summed E-state index contributed by atoms with van der Waals surface area (Å²) >= 11 is 0. The minimum Gasteiger partial charge on any atom is -0.330 e. The van der Waals surface area contributed by atoms with Gasteiger partial charge in [-0.2, -0.15) is 0 Å². The molecule has 2 aromatic rings. The van der Waals surface area contributed by atoms with Crippen LogP contribution in [-0.2, 0) is 0 Å². The van der Waals surface area contributed by atoms with Gasteiger partial charge in [0.2, 0.25) is 0 Å². The Labute approximate surface area is 143 Å². The number of hydrogen-bond donors (Lipinski definition) is 1. The van der Waals surface area contributed by atoms with E-state index in [-0.39, 0.29) is 0 Å². The monoisotopic (exact) mass is 313 g/mol. The van der Waals surface area contributed by atoms with Gasteiger partial charge >= 0.3 is 0 Å². The molecule has 0 aliphatic heterocycles. The van der Waals surface area contributed by atoms with Crippen LogP contribution in [0.1, 0.15) is 70.4 Å². The van der Waals surface area contributed by atoms with Crippen LogP contribution in [0.2, 0.25) is 0 Å². The van der Waals surface area contributed by atoms with E-state index in [4.69, 9.17) is 5.73 Å². The molecule has 0 heterocycles. The topological polar surface area (TPSA) is 26.0 Å². The van der Waals surface area contributed by atoms with E-state index in [1.54, 1.807) is 0 Å². The van der Waals surface area contributed by atoms with E-state index >= 15 is 0 Å². The van der Waals surface area contributed by atoms with Crippen molar-refractivity contribution in [3.05, 3.63) is 71.8 Å². The minimum absolute atomic E-state index is 0.484. The molecule has 0 unspecified atom stereocenters. The lowest BCUT2D eigenvalue weighted by Gasteiger charge is -2.11. The molecular weight excluding hydrogens is 278 g/mol. The Morgan fingerprint density at radius 3 is 1.39 bits per heavy atom. The largest absolute Gasteiger partial charge is 0.330 e. The molecule has 2 N–H and O–H groups in total. The van der Waals surface area contributed by atoms with Gasteiger partial charge in [0.1, 0.15) is 0 Å². The van der Waals surface area contributed by atoms with Crippen LogP contribution in [0.5, 0.6) is 0 Å². The third kappa shape index (κ3) is 10.7. The van der Waals surface area contributed by atoms with Crippen molar-refractivity contribution in [3.63, 3.8) is 0 Å². The molecule has 23 heavy (non-hydrogen) atoms. The Balaban J connectivity index is 0.000000453. The maximum absolute atomic E-state index is 5.21. The molecule has 0 saturated heterocycles. The highest BCUT2D eigenvalue weighted by atomic mass is 14.5. The van der Waals surface area contributed by atoms with Crippen molar-refractivity contribution in [2.75, 3.05) is 6.54 Å². The van der Waals surface area contributed by atoms with Gasteiger partial charge in [0.05, 0.1) is 0 Å². The Bertz CT molecular complexity index is 406. The smallest absolute Gasteiger partial charge is 0.00610 e. The van der Waals surface area contributed by atoms with E-state index in [0.29, 0.717) is 5.92 Å². The Morgan fingerprint density at radius 1 is 0.739 bits per heavy atom. The van der Waals surface area contributed by atoms with Gasteiger partial charge in [-0.05, 0) is 24.1 Å². The molecule has 2 aromatic carbocycles. The number of rotatable bonds is 5. The number of unbranched alkanes of at least 4 members (excludes halogenated alkanes) is 2. The van der Waals surface area contributed by atoms with Crippen LogP contribution in [0.3, 0.4) is 0 Å². The Kier molecular flexibility index (Phi) is 14.2. The summed E-state index contributed by atoms with van der Waals surface area (Å²) in [5.41, 5.74) is 7.96. The van der Waals surface area contributed by atoms with E-state index in [0.717, 1.165) is 6.54 Å². The Morgan fingerprint density at radius 2 is 1.13 bits per heavy atom. The van der Waals surface area contributed by atoms with Crippen LogP contribution in [0.25, 0.3) is 0 Å². The van der Waals surface area contributed by atoms with E-state index in [1.165, 1.54) is 36.8 Å². The third-order valence-corrected chi connectivity index (χ3v) is 3.41. The Hall–Kier alpha value is -1.60. The fourth-order valence-electron chi connectivity index (χ4n) is 2.07. The van der Waals surface area contributed by atoms with Gasteiger partial charge in [-0.25, -0.2) is 0 Å². The average molecular weight is 314 g/mol. The van der Waals surface area contributed by atoms with Crippen molar-refractivity contribution in [2.24, 2.45) is 5.73 Å². The third-order valence-electron chi connectivity index (χ3n) is 3.41. The molecule has 0 aliphatic rings. The first kappa shape index (κ1) is 21.4. The zero-order chi connectivity index (χ0) is 17.3. The fourth-order valence-corrected chi connectivity index (χ4v) is 2.07. The van der Waals surface area contributed by atoms with Gasteiger partial charge in [-0.3, -0.25) is 0 Å². The van der Waals surface area contributed by atoms with Gasteiger partial charge in [-0.1, -0.05) is 108 Å². The summed E-state index contributed by atoms with van der Waals surface area (Å²) in [6, 6.07) is 21.2. The highest BCUT2D eigenvalue weighted by Gasteiger charge is 2.05. The molecule has 1 nitrogen and oxygen atoms in total. The van der Waals surface area contributed by atoms with Crippen molar-refractivity contribution in [3.8, 4) is 0 Å². The van der Waals surface area contributed by atoms with Crippen molar-refractivity contribution < 1.29 is 0 Å². The van der Waals surface area contributed by atoms with Crippen molar-refractivity contribution in [1.29, 1.82) is 0 Å². The lowest BCUT2D eigenvalue weighted by Crippen LogP contribution is -1.96. The maximum atomic E-state index is 5.21. The van der Waals surface area contributed by atoms with E-state index in [1.807, 2.05) is 0 Å². The molecule has 0 aliphatic carbocycles.